The molecule has 3 N–H and O–H groups in total. The van der Waals surface area contributed by atoms with Gasteiger partial charge in [-0.1, -0.05) is 11.6 Å². The zero-order valence-electron chi connectivity index (χ0n) is 13.4. The van der Waals surface area contributed by atoms with Crippen molar-refractivity contribution >= 4 is 46.6 Å². The smallest absolute Gasteiger partial charge is 0.329 e. The van der Waals surface area contributed by atoms with E-state index in [4.69, 9.17) is 11.6 Å². The summed E-state index contributed by atoms with van der Waals surface area (Å²) in [5, 5.41) is 15.3. The quantitative estimate of drug-likeness (QED) is 0.658. The van der Waals surface area contributed by atoms with Crippen LogP contribution in [-0.2, 0) is 5.60 Å². The lowest BCUT2D eigenvalue weighted by molar-refractivity contribution is 0.0789. The highest BCUT2D eigenvalue weighted by Gasteiger charge is 2.18. The Balaban J connectivity index is 1.97. The summed E-state index contributed by atoms with van der Waals surface area (Å²) < 4.78 is 3.65. The third kappa shape index (κ3) is 4.88. The number of amides is 2. The Hall–Kier alpha value is -1.21. The summed E-state index contributed by atoms with van der Waals surface area (Å²) in [5.41, 5.74) is 2.54. The van der Waals surface area contributed by atoms with E-state index in [2.05, 4.69) is 10.0 Å². The molecule has 1 aromatic heterocycles. The van der Waals surface area contributed by atoms with E-state index in [0.29, 0.717) is 5.02 Å². The number of thiophene rings is 1. The summed E-state index contributed by atoms with van der Waals surface area (Å²) in [6.45, 7) is 7.26. The molecule has 0 radical (unpaired) electrons. The number of anilines is 1. The van der Waals surface area contributed by atoms with Gasteiger partial charge in [0, 0.05) is 10.7 Å². The predicted octanol–water partition coefficient (Wildman–Crippen LogP) is 5.07. The van der Waals surface area contributed by atoms with Gasteiger partial charge in [0.2, 0.25) is 0 Å². The Morgan fingerprint density at radius 2 is 1.87 bits per heavy atom. The van der Waals surface area contributed by atoms with Gasteiger partial charge in [-0.25, -0.2) is 4.79 Å². The van der Waals surface area contributed by atoms with Crippen molar-refractivity contribution in [2.45, 2.75) is 37.5 Å². The summed E-state index contributed by atoms with van der Waals surface area (Å²) in [7, 11) is 0. The molecule has 23 heavy (non-hydrogen) atoms. The zero-order chi connectivity index (χ0) is 17.2. The zero-order valence-corrected chi connectivity index (χ0v) is 15.7. The second-order valence-corrected chi connectivity index (χ2v) is 8.24. The fraction of sp³-hybridized carbons (Fsp3) is 0.312. The second kappa shape index (κ2) is 7.13. The van der Waals surface area contributed by atoms with Crippen LogP contribution in [-0.4, -0.2) is 11.1 Å². The largest absolute Gasteiger partial charge is 0.386 e. The first-order chi connectivity index (χ1) is 10.7. The lowest BCUT2D eigenvalue weighted by Crippen LogP contribution is -2.23. The van der Waals surface area contributed by atoms with Crippen molar-refractivity contribution in [2.75, 3.05) is 5.32 Å². The van der Waals surface area contributed by atoms with Gasteiger partial charge >= 0.3 is 6.03 Å². The SMILES string of the molecule is Cc1cc(Cl)cc(C)c1NC(=O)NSc1cc(C(C)(C)O)cs1. The molecule has 0 bridgehead atoms. The molecule has 0 fully saturated rings. The minimum atomic E-state index is -0.880. The van der Waals surface area contributed by atoms with Crippen LogP contribution < -0.4 is 10.0 Å². The van der Waals surface area contributed by atoms with Crippen molar-refractivity contribution in [3.8, 4) is 0 Å². The topological polar surface area (TPSA) is 61.4 Å². The van der Waals surface area contributed by atoms with E-state index in [9.17, 15) is 9.90 Å². The van der Waals surface area contributed by atoms with E-state index in [0.717, 1.165) is 26.6 Å². The van der Waals surface area contributed by atoms with Gasteiger partial charge in [0.25, 0.3) is 0 Å². The molecule has 2 amide bonds. The highest BCUT2D eigenvalue weighted by atomic mass is 35.5. The highest BCUT2D eigenvalue weighted by molar-refractivity contribution is 7.99. The van der Waals surface area contributed by atoms with Crippen molar-refractivity contribution in [2.24, 2.45) is 0 Å². The Morgan fingerprint density at radius 3 is 2.39 bits per heavy atom. The highest BCUT2D eigenvalue weighted by Crippen LogP contribution is 2.30. The number of rotatable bonds is 4. The lowest BCUT2D eigenvalue weighted by atomic mass is 10.0. The Kier molecular flexibility index (Phi) is 5.62. The van der Waals surface area contributed by atoms with Gasteiger partial charge in [-0.2, -0.15) is 0 Å². The molecule has 0 unspecified atom stereocenters. The van der Waals surface area contributed by atoms with Gasteiger partial charge in [0.1, 0.15) is 0 Å². The van der Waals surface area contributed by atoms with Crippen molar-refractivity contribution in [3.05, 3.63) is 45.3 Å². The van der Waals surface area contributed by atoms with Crippen LogP contribution in [0.2, 0.25) is 5.02 Å². The molecule has 0 aliphatic carbocycles. The molecule has 0 aliphatic heterocycles. The molecule has 0 atom stereocenters. The summed E-state index contributed by atoms with van der Waals surface area (Å²) in [6, 6.07) is 5.19. The number of urea groups is 1. The molecule has 0 saturated heterocycles. The molecule has 1 aromatic carbocycles. The second-order valence-electron chi connectivity index (χ2n) is 5.79. The molecular formula is C16H19ClN2O2S2. The van der Waals surface area contributed by atoms with Gasteiger partial charge in [-0.3, -0.25) is 4.72 Å². The van der Waals surface area contributed by atoms with E-state index in [-0.39, 0.29) is 6.03 Å². The van der Waals surface area contributed by atoms with Crippen LogP contribution >= 0.6 is 34.9 Å². The van der Waals surface area contributed by atoms with Crippen molar-refractivity contribution in [3.63, 3.8) is 0 Å². The molecular weight excluding hydrogens is 352 g/mol. The molecule has 2 rings (SSSR count). The van der Waals surface area contributed by atoms with Crippen LogP contribution in [0.1, 0.15) is 30.5 Å². The molecule has 0 aliphatic rings. The monoisotopic (exact) mass is 370 g/mol. The average Bonchev–Trinajstić information content (AvgIpc) is 2.89. The number of aryl methyl sites for hydroxylation is 2. The molecule has 0 saturated carbocycles. The number of hydrogen-bond acceptors (Lipinski definition) is 4. The van der Waals surface area contributed by atoms with E-state index in [1.165, 1.54) is 23.3 Å². The number of aliphatic hydroxyl groups is 1. The number of hydrogen-bond donors (Lipinski definition) is 3. The average molecular weight is 371 g/mol. The van der Waals surface area contributed by atoms with Crippen LogP contribution in [0.25, 0.3) is 0 Å². The van der Waals surface area contributed by atoms with E-state index < -0.39 is 5.60 Å². The van der Waals surface area contributed by atoms with Crippen LogP contribution in [0.4, 0.5) is 10.5 Å². The Morgan fingerprint density at radius 1 is 1.26 bits per heavy atom. The Labute approximate surface area is 149 Å². The van der Waals surface area contributed by atoms with Crippen LogP contribution in [0.3, 0.4) is 0 Å². The number of carbonyl (C=O) groups is 1. The number of benzene rings is 1. The maximum Gasteiger partial charge on any atom is 0.329 e. The van der Waals surface area contributed by atoms with E-state index in [1.54, 1.807) is 13.8 Å². The minimum absolute atomic E-state index is 0.304. The van der Waals surface area contributed by atoms with Crippen LogP contribution in [0.5, 0.6) is 0 Å². The van der Waals surface area contributed by atoms with E-state index in [1.807, 2.05) is 37.4 Å². The summed E-state index contributed by atoms with van der Waals surface area (Å²) >= 11 is 8.68. The molecule has 0 spiro atoms. The van der Waals surface area contributed by atoms with E-state index >= 15 is 0 Å². The van der Waals surface area contributed by atoms with Gasteiger partial charge < -0.3 is 10.4 Å². The first-order valence-corrected chi connectivity index (χ1v) is 9.06. The van der Waals surface area contributed by atoms with Gasteiger partial charge in [0.05, 0.1) is 9.81 Å². The predicted molar refractivity (Wildman–Crippen MR) is 98.5 cm³/mol. The van der Waals surface area contributed by atoms with Crippen LogP contribution in [0, 0.1) is 13.8 Å². The third-order valence-corrected chi connectivity index (χ3v) is 5.35. The van der Waals surface area contributed by atoms with Crippen molar-refractivity contribution in [1.29, 1.82) is 0 Å². The molecule has 7 heteroatoms. The first kappa shape index (κ1) is 18.1. The summed E-state index contributed by atoms with van der Waals surface area (Å²) in [4.78, 5) is 12.1. The number of nitrogens with one attached hydrogen (secondary N) is 2. The molecule has 4 nitrogen and oxygen atoms in total. The standard InChI is InChI=1S/C16H19ClN2O2S2/c1-9-5-12(17)6-10(2)14(9)18-15(20)19-23-13-7-11(8-22-13)16(3,4)21/h5-8,21H,1-4H3,(H2,18,19,20). The molecule has 2 aromatic rings. The third-order valence-electron chi connectivity index (χ3n) is 3.26. The van der Waals surface area contributed by atoms with Crippen molar-refractivity contribution in [1.82, 2.24) is 4.72 Å². The normalized spacial score (nSPS) is 11.4. The maximum absolute atomic E-state index is 12.1. The van der Waals surface area contributed by atoms with Gasteiger partial charge in [0.15, 0.2) is 0 Å². The minimum Gasteiger partial charge on any atom is -0.386 e. The fourth-order valence-electron chi connectivity index (χ4n) is 2.03. The lowest BCUT2D eigenvalue weighted by Gasteiger charge is -2.14. The maximum atomic E-state index is 12.1. The van der Waals surface area contributed by atoms with Gasteiger partial charge in [-0.05, 0) is 79.9 Å². The van der Waals surface area contributed by atoms with Gasteiger partial charge in [-0.15, -0.1) is 11.3 Å². The summed E-state index contributed by atoms with van der Waals surface area (Å²) in [5.74, 6) is 0. The molecule has 124 valence electrons. The van der Waals surface area contributed by atoms with Crippen LogP contribution in [0.15, 0.2) is 27.8 Å². The first-order valence-electron chi connectivity index (χ1n) is 6.99. The summed E-state index contributed by atoms with van der Waals surface area (Å²) in [6.07, 6.45) is 0. The molecule has 1 heterocycles. The number of carbonyl (C=O) groups excluding carboxylic acids is 1. The fourth-order valence-corrected chi connectivity index (χ4v) is 4.05. The number of halogens is 1. The van der Waals surface area contributed by atoms with Crippen molar-refractivity contribution < 1.29 is 9.90 Å². The Bertz CT molecular complexity index is 700.